The molecule has 0 atom stereocenters. The van der Waals surface area contributed by atoms with E-state index in [1.165, 1.54) is 118 Å². The van der Waals surface area contributed by atoms with Gasteiger partial charge in [-0.2, -0.15) is 0 Å². The Morgan fingerprint density at radius 1 is 0.382 bits per heavy atom. The highest BCUT2D eigenvalue weighted by atomic mass is 15.2. The Kier molecular flexibility index (Phi) is 11.8. The largest absolute Gasteiger partial charge is 0.311 e. The highest BCUT2D eigenvalue weighted by molar-refractivity contribution is 7.00. The Morgan fingerprint density at radius 3 is 1.21 bits per heavy atom. The zero-order valence-electron chi connectivity index (χ0n) is 49.9. The van der Waals surface area contributed by atoms with Gasteiger partial charge in [0, 0.05) is 51.2 Å². The molecule has 392 valence electrons. The molecule has 0 spiro atoms. The van der Waals surface area contributed by atoms with E-state index in [4.69, 9.17) is 0 Å². The lowest BCUT2D eigenvalue weighted by atomic mass is 9.33. The van der Waals surface area contributed by atoms with Crippen LogP contribution in [0.25, 0.3) is 0 Å². The van der Waals surface area contributed by atoms with Crippen molar-refractivity contribution in [2.75, 3.05) is 14.7 Å². The Bertz CT molecular complexity index is 3370. The zero-order valence-corrected chi connectivity index (χ0v) is 49.9. The van der Waals surface area contributed by atoms with Gasteiger partial charge in [-0.3, -0.25) is 0 Å². The second-order valence-corrected chi connectivity index (χ2v) is 30.3. The third-order valence-electron chi connectivity index (χ3n) is 17.6. The van der Waals surface area contributed by atoms with E-state index in [1.54, 1.807) is 0 Å². The van der Waals surface area contributed by atoms with Crippen LogP contribution in [-0.4, -0.2) is 6.71 Å². The predicted molar refractivity (Wildman–Crippen MR) is 331 cm³/mol. The Morgan fingerprint density at radius 2 is 0.789 bits per heavy atom. The van der Waals surface area contributed by atoms with Crippen LogP contribution in [-0.2, 0) is 52.8 Å². The van der Waals surface area contributed by atoms with E-state index in [-0.39, 0.29) is 44.6 Å². The number of benzene rings is 7. The number of nitrogens with zero attached hydrogens (tertiary/aromatic N) is 3. The van der Waals surface area contributed by atoms with E-state index in [0.29, 0.717) is 0 Å². The van der Waals surface area contributed by atoms with Crippen LogP contribution in [0.1, 0.15) is 182 Å². The molecule has 0 fully saturated rings. The Hall–Kier alpha value is -6.00. The summed E-state index contributed by atoms with van der Waals surface area (Å²) in [5.41, 5.74) is 28.2. The van der Waals surface area contributed by atoms with E-state index >= 15 is 0 Å². The van der Waals surface area contributed by atoms with Crippen LogP contribution in [0.15, 0.2) is 127 Å². The first kappa shape index (κ1) is 52.1. The molecule has 7 aromatic rings. The topological polar surface area (TPSA) is 9.72 Å². The first-order valence-corrected chi connectivity index (χ1v) is 28.6. The molecule has 0 radical (unpaired) electrons. The SMILES string of the molecule is CC1(C)Cc2cccc(N3c4cc(C(C)(C)C)ccc4B4c5cc(N(c6ccc(C(C)(C)C)cc6)c6ccc(C(C)(C)C)cc6)c(C(C)(C)C)cc5N(c5cccc6c5CC(C)(C)C6)c5cc(C(C)(C)C)cc3c54)c2C1. The van der Waals surface area contributed by atoms with Crippen LogP contribution in [0, 0.1) is 10.8 Å². The van der Waals surface area contributed by atoms with Gasteiger partial charge in [-0.05, 0) is 197 Å². The van der Waals surface area contributed by atoms with Gasteiger partial charge in [0.15, 0.2) is 0 Å². The molecule has 7 aromatic carbocycles. The number of hydrogen-bond donors (Lipinski definition) is 0. The average Bonchev–Trinajstić information content (AvgIpc) is 3.94. The van der Waals surface area contributed by atoms with Gasteiger partial charge in [0.1, 0.15) is 0 Å². The van der Waals surface area contributed by atoms with E-state index in [1.807, 2.05) is 0 Å². The molecule has 0 bridgehead atoms. The van der Waals surface area contributed by atoms with Crippen LogP contribution >= 0.6 is 0 Å². The van der Waals surface area contributed by atoms with Gasteiger partial charge < -0.3 is 14.7 Å². The smallest absolute Gasteiger partial charge is 0.252 e. The number of fused-ring (bicyclic) bond motifs is 6. The molecule has 4 heteroatoms. The molecule has 0 saturated carbocycles. The third-order valence-corrected chi connectivity index (χ3v) is 17.6. The quantitative estimate of drug-likeness (QED) is 0.159. The minimum Gasteiger partial charge on any atom is -0.311 e. The van der Waals surface area contributed by atoms with Gasteiger partial charge in [-0.25, -0.2) is 0 Å². The molecule has 76 heavy (non-hydrogen) atoms. The van der Waals surface area contributed by atoms with Crippen LogP contribution in [0.2, 0.25) is 0 Å². The summed E-state index contributed by atoms with van der Waals surface area (Å²) >= 11 is 0. The molecule has 2 aliphatic heterocycles. The lowest BCUT2D eigenvalue weighted by Crippen LogP contribution is -2.61. The van der Waals surface area contributed by atoms with Crippen molar-refractivity contribution in [3.05, 3.63) is 177 Å². The summed E-state index contributed by atoms with van der Waals surface area (Å²) in [7, 11) is 0. The molecule has 4 aliphatic rings. The van der Waals surface area contributed by atoms with Crippen molar-refractivity contribution >= 4 is 74.3 Å². The fourth-order valence-electron chi connectivity index (χ4n) is 13.4. The van der Waals surface area contributed by atoms with Crippen molar-refractivity contribution in [1.82, 2.24) is 0 Å². The van der Waals surface area contributed by atoms with Gasteiger partial charge in [-0.15, -0.1) is 0 Å². The van der Waals surface area contributed by atoms with Gasteiger partial charge in [0.05, 0.1) is 0 Å². The fraction of sp³-hybridized carbons (Fsp3) is 0.417. The van der Waals surface area contributed by atoms with Crippen LogP contribution in [0.3, 0.4) is 0 Å². The summed E-state index contributed by atoms with van der Waals surface area (Å²) in [6.45, 7) is 45.3. The molecule has 0 N–H and O–H groups in total. The molecule has 2 heterocycles. The first-order chi connectivity index (χ1) is 35.3. The van der Waals surface area contributed by atoms with E-state index in [9.17, 15) is 0 Å². The Balaban J connectivity index is 1.29. The summed E-state index contributed by atoms with van der Waals surface area (Å²) in [5.74, 6) is 0. The molecular weight excluding hydrogens is 918 g/mol. The number of anilines is 9. The molecule has 0 amide bonds. The summed E-state index contributed by atoms with van der Waals surface area (Å²) in [5, 5.41) is 0. The minimum absolute atomic E-state index is 0.0273. The van der Waals surface area contributed by atoms with Crippen molar-refractivity contribution in [3.63, 3.8) is 0 Å². The van der Waals surface area contributed by atoms with Gasteiger partial charge in [0.2, 0.25) is 0 Å². The third kappa shape index (κ3) is 8.92. The van der Waals surface area contributed by atoms with Gasteiger partial charge in [0.25, 0.3) is 6.71 Å². The predicted octanol–water partition coefficient (Wildman–Crippen LogP) is 18.0. The average molecular weight is 1000 g/mol. The molecule has 0 saturated heterocycles. The maximum atomic E-state index is 2.75. The van der Waals surface area contributed by atoms with Crippen molar-refractivity contribution in [2.24, 2.45) is 10.8 Å². The first-order valence-electron chi connectivity index (χ1n) is 28.6. The van der Waals surface area contributed by atoms with Gasteiger partial charge >= 0.3 is 0 Å². The molecule has 3 nitrogen and oxygen atoms in total. The molecule has 11 rings (SSSR count). The maximum Gasteiger partial charge on any atom is 0.252 e. The highest BCUT2D eigenvalue weighted by Crippen LogP contribution is 2.54. The lowest BCUT2D eigenvalue weighted by Gasteiger charge is -2.47. The molecular formula is C72H86BN3. The monoisotopic (exact) mass is 1000 g/mol. The van der Waals surface area contributed by atoms with E-state index < -0.39 is 0 Å². The lowest BCUT2D eigenvalue weighted by molar-refractivity contribution is 0.392. The fourth-order valence-corrected chi connectivity index (χ4v) is 13.4. The summed E-state index contributed by atoms with van der Waals surface area (Å²) in [4.78, 5) is 8.08. The number of hydrogen-bond acceptors (Lipinski definition) is 3. The van der Waals surface area contributed by atoms with Crippen LogP contribution in [0.5, 0.6) is 0 Å². The summed E-state index contributed by atoms with van der Waals surface area (Å²) < 4.78 is 0. The second kappa shape index (κ2) is 17.3. The second-order valence-electron chi connectivity index (χ2n) is 30.3. The van der Waals surface area contributed by atoms with Crippen molar-refractivity contribution in [1.29, 1.82) is 0 Å². The van der Waals surface area contributed by atoms with Crippen molar-refractivity contribution in [2.45, 2.75) is 184 Å². The van der Waals surface area contributed by atoms with Crippen LogP contribution in [0.4, 0.5) is 51.2 Å². The standard InChI is InChI=1S/C72H86BN3/c1-66(2,3)47-26-31-51(32-27-47)74(52-33-28-48(29-34-52)67(4,5)6)60-40-57-62(39-55(60)70(13,14)15)76(59-25-21-23-46-42-72(18,19)44-54(46)59)64-38-50(69(10,11)12)37-63-65(64)73(57)56-35-30-49(68(7,8)9)36-61(56)75(63)58-24-20-22-45-41-71(16,17)43-53(45)58/h20-40H,41-44H2,1-19H3. The minimum atomic E-state index is -0.228. The van der Waals surface area contributed by atoms with Gasteiger partial charge in [-0.1, -0.05) is 192 Å². The van der Waals surface area contributed by atoms with Crippen molar-refractivity contribution < 1.29 is 0 Å². The highest BCUT2D eigenvalue weighted by Gasteiger charge is 2.47. The Labute approximate surface area is 459 Å². The van der Waals surface area contributed by atoms with E-state index in [0.717, 1.165) is 25.7 Å². The number of rotatable bonds is 5. The maximum absolute atomic E-state index is 2.75. The molecule has 0 aromatic heterocycles. The molecule has 0 unspecified atom stereocenters. The molecule has 2 aliphatic carbocycles. The van der Waals surface area contributed by atoms with Crippen LogP contribution < -0.4 is 31.1 Å². The summed E-state index contributed by atoms with van der Waals surface area (Å²) in [6, 6.07) is 51.3. The summed E-state index contributed by atoms with van der Waals surface area (Å²) in [6.07, 6.45) is 4.26. The van der Waals surface area contributed by atoms with Crippen molar-refractivity contribution in [3.8, 4) is 0 Å². The normalized spacial score (nSPS) is 16.5. The zero-order chi connectivity index (χ0) is 54.6. The van der Waals surface area contributed by atoms with E-state index in [2.05, 4.69) is 274 Å².